The van der Waals surface area contributed by atoms with E-state index >= 15 is 0 Å². The average Bonchev–Trinajstić information content (AvgIpc) is 2.98. The average molecular weight is 310 g/mol. The summed E-state index contributed by atoms with van der Waals surface area (Å²) in [4.78, 5) is 4.41. The van der Waals surface area contributed by atoms with Gasteiger partial charge in [0.1, 0.15) is 11.5 Å². The first kappa shape index (κ1) is 13.6. The zero-order valence-corrected chi connectivity index (χ0v) is 12.5. The van der Waals surface area contributed by atoms with Crippen molar-refractivity contribution in [2.45, 2.75) is 5.25 Å². The van der Waals surface area contributed by atoms with Gasteiger partial charge in [-0.15, -0.1) is 11.8 Å². The van der Waals surface area contributed by atoms with E-state index < -0.39 is 0 Å². The third-order valence-corrected chi connectivity index (χ3v) is 5.73. The Bertz CT molecular complexity index is 597. The van der Waals surface area contributed by atoms with Crippen LogP contribution in [0.4, 0.5) is 0 Å². The van der Waals surface area contributed by atoms with Gasteiger partial charge in [0.2, 0.25) is 0 Å². The van der Waals surface area contributed by atoms with Crippen molar-refractivity contribution in [3.05, 3.63) is 24.0 Å². The van der Waals surface area contributed by atoms with Crippen LogP contribution in [0.25, 0.3) is 11.5 Å². The molecule has 1 aliphatic rings. The number of methoxy groups -OCH3 is 1. The van der Waals surface area contributed by atoms with E-state index in [1.54, 1.807) is 25.3 Å². The van der Waals surface area contributed by atoms with Crippen molar-refractivity contribution < 1.29 is 14.4 Å². The number of thioether (sulfide) groups is 2. The highest BCUT2D eigenvalue weighted by atomic mass is 32.2. The molecule has 1 aliphatic heterocycles. The van der Waals surface area contributed by atoms with Crippen LogP contribution in [0.3, 0.4) is 0 Å². The number of benzene rings is 1. The molecule has 0 saturated carbocycles. The quantitative estimate of drug-likeness (QED) is 0.934. The molecule has 1 unspecified atom stereocenters. The molecular weight excluding hydrogens is 296 g/mol. The zero-order valence-electron chi connectivity index (χ0n) is 10.9. The summed E-state index contributed by atoms with van der Waals surface area (Å²) in [6, 6.07) is 4.93. The molecule has 1 fully saturated rings. The number of aromatic nitrogens is 2. The van der Waals surface area contributed by atoms with Crippen molar-refractivity contribution >= 4 is 23.5 Å². The largest absolute Gasteiger partial charge is 0.507 e. The molecule has 1 aromatic carbocycles. The number of rotatable bonds is 3. The summed E-state index contributed by atoms with van der Waals surface area (Å²) in [6.07, 6.45) is 0. The fourth-order valence-electron chi connectivity index (χ4n) is 1.93. The molecule has 2 aromatic rings. The molecule has 5 nitrogen and oxygen atoms in total. The van der Waals surface area contributed by atoms with Gasteiger partial charge in [0.05, 0.1) is 17.9 Å². The van der Waals surface area contributed by atoms with Gasteiger partial charge in [0, 0.05) is 17.3 Å². The van der Waals surface area contributed by atoms with E-state index in [4.69, 9.17) is 9.26 Å². The summed E-state index contributed by atoms with van der Waals surface area (Å²) in [7, 11) is 1.57. The fourth-order valence-corrected chi connectivity index (χ4v) is 4.51. The topological polar surface area (TPSA) is 68.4 Å². The van der Waals surface area contributed by atoms with Crippen LogP contribution in [-0.2, 0) is 0 Å². The first-order chi connectivity index (χ1) is 9.78. The summed E-state index contributed by atoms with van der Waals surface area (Å²) >= 11 is 3.74. The van der Waals surface area contributed by atoms with E-state index in [-0.39, 0.29) is 11.0 Å². The lowest BCUT2D eigenvalue weighted by molar-refractivity contribution is 0.407. The van der Waals surface area contributed by atoms with Crippen molar-refractivity contribution in [3.8, 4) is 23.0 Å². The van der Waals surface area contributed by atoms with E-state index in [1.807, 2.05) is 23.5 Å². The van der Waals surface area contributed by atoms with Crippen LogP contribution in [0.5, 0.6) is 11.5 Å². The maximum Gasteiger partial charge on any atom is 0.261 e. The summed E-state index contributed by atoms with van der Waals surface area (Å²) in [5.74, 6) is 5.03. The Morgan fingerprint density at radius 2 is 2.30 bits per heavy atom. The van der Waals surface area contributed by atoms with Crippen molar-refractivity contribution in [2.24, 2.45) is 0 Å². The molecular formula is C13H14N2O3S2. The fraction of sp³-hybridized carbons (Fsp3) is 0.385. The van der Waals surface area contributed by atoms with E-state index in [9.17, 15) is 5.11 Å². The third kappa shape index (κ3) is 2.73. The van der Waals surface area contributed by atoms with Gasteiger partial charge >= 0.3 is 0 Å². The molecule has 0 spiro atoms. The van der Waals surface area contributed by atoms with Gasteiger partial charge in [-0.05, 0) is 18.2 Å². The Balaban J connectivity index is 1.89. The first-order valence-corrected chi connectivity index (χ1v) is 8.38. The molecule has 0 amide bonds. The lowest BCUT2D eigenvalue weighted by Crippen LogP contribution is -2.07. The number of aromatic hydroxyl groups is 1. The van der Waals surface area contributed by atoms with Crippen molar-refractivity contribution in [1.29, 1.82) is 0 Å². The van der Waals surface area contributed by atoms with E-state index in [2.05, 4.69) is 10.1 Å². The molecule has 20 heavy (non-hydrogen) atoms. The smallest absolute Gasteiger partial charge is 0.261 e. The van der Waals surface area contributed by atoms with Crippen LogP contribution in [0.2, 0.25) is 0 Å². The van der Waals surface area contributed by atoms with Gasteiger partial charge in [-0.3, -0.25) is 0 Å². The predicted molar refractivity (Wildman–Crippen MR) is 80.5 cm³/mol. The van der Waals surface area contributed by atoms with E-state index in [1.165, 1.54) is 5.75 Å². The number of hydrogen-bond donors (Lipinski definition) is 1. The van der Waals surface area contributed by atoms with Crippen LogP contribution in [0, 0.1) is 0 Å². The summed E-state index contributed by atoms with van der Waals surface area (Å²) in [5, 5.41) is 14.2. The Hall–Kier alpha value is -1.34. The van der Waals surface area contributed by atoms with E-state index in [0.717, 1.165) is 11.5 Å². The summed E-state index contributed by atoms with van der Waals surface area (Å²) in [5.41, 5.74) is 0.497. The number of ether oxygens (including phenoxy) is 1. The number of phenolic OH excluding ortho intramolecular Hbond substituents is 1. The molecule has 0 radical (unpaired) electrons. The van der Waals surface area contributed by atoms with Crippen molar-refractivity contribution in [3.63, 3.8) is 0 Å². The molecule has 3 rings (SSSR count). The maximum absolute atomic E-state index is 9.91. The SMILES string of the molecule is COc1ccc(O)c(-c2nc(C3CSCCS3)no2)c1. The molecule has 0 bridgehead atoms. The van der Waals surface area contributed by atoms with Gasteiger partial charge in [-0.1, -0.05) is 5.16 Å². The molecule has 7 heteroatoms. The molecule has 2 heterocycles. The van der Waals surface area contributed by atoms with Crippen LogP contribution in [0.1, 0.15) is 11.1 Å². The highest BCUT2D eigenvalue weighted by Crippen LogP contribution is 2.37. The monoisotopic (exact) mass is 310 g/mol. The zero-order chi connectivity index (χ0) is 13.9. The van der Waals surface area contributed by atoms with Crippen molar-refractivity contribution in [1.82, 2.24) is 10.1 Å². The van der Waals surface area contributed by atoms with Crippen LogP contribution in [0.15, 0.2) is 22.7 Å². The molecule has 0 aliphatic carbocycles. The van der Waals surface area contributed by atoms with Gasteiger partial charge in [0.25, 0.3) is 5.89 Å². The number of hydrogen-bond acceptors (Lipinski definition) is 7. The number of phenols is 1. The van der Waals surface area contributed by atoms with E-state index in [0.29, 0.717) is 23.0 Å². The predicted octanol–water partition coefficient (Wildman–Crippen LogP) is 2.97. The van der Waals surface area contributed by atoms with Gasteiger partial charge < -0.3 is 14.4 Å². The lowest BCUT2D eigenvalue weighted by atomic mass is 10.2. The number of nitrogens with zero attached hydrogens (tertiary/aromatic N) is 2. The molecule has 1 aromatic heterocycles. The van der Waals surface area contributed by atoms with Crippen LogP contribution >= 0.6 is 23.5 Å². The Morgan fingerprint density at radius 3 is 3.05 bits per heavy atom. The highest BCUT2D eigenvalue weighted by Gasteiger charge is 2.23. The van der Waals surface area contributed by atoms with Crippen LogP contribution < -0.4 is 4.74 Å². The minimum absolute atomic E-state index is 0.103. The minimum Gasteiger partial charge on any atom is -0.507 e. The molecule has 106 valence electrons. The standard InChI is InChI=1S/C13H14N2O3S2/c1-17-8-2-3-10(16)9(6-8)13-14-12(15-18-13)11-7-19-4-5-20-11/h2-3,6,11,16H,4-5,7H2,1H3. The van der Waals surface area contributed by atoms with Crippen LogP contribution in [-0.4, -0.2) is 39.6 Å². The second-order valence-electron chi connectivity index (χ2n) is 4.28. The second-order valence-corrected chi connectivity index (χ2v) is 6.74. The van der Waals surface area contributed by atoms with Gasteiger partial charge in [-0.25, -0.2) is 0 Å². The van der Waals surface area contributed by atoms with Crippen molar-refractivity contribution in [2.75, 3.05) is 24.4 Å². The Morgan fingerprint density at radius 1 is 1.40 bits per heavy atom. The first-order valence-electron chi connectivity index (χ1n) is 6.18. The normalized spacial score (nSPS) is 18.9. The maximum atomic E-state index is 9.91. The third-order valence-electron chi connectivity index (χ3n) is 2.98. The van der Waals surface area contributed by atoms with Gasteiger partial charge in [-0.2, -0.15) is 16.7 Å². The molecule has 1 saturated heterocycles. The lowest BCUT2D eigenvalue weighted by Gasteiger charge is -2.16. The highest BCUT2D eigenvalue weighted by molar-refractivity contribution is 8.06. The summed E-state index contributed by atoms with van der Waals surface area (Å²) in [6.45, 7) is 0. The summed E-state index contributed by atoms with van der Waals surface area (Å²) < 4.78 is 10.4. The molecule has 1 N–H and O–H groups in total. The molecule has 1 atom stereocenters. The minimum atomic E-state index is 0.103. The second kappa shape index (κ2) is 5.97. The van der Waals surface area contributed by atoms with Gasteiger partial charge in [0.15, 0.2) is 5.82 Å². The Labute approximate surface area is 125 Å². The Kier molecular flexibility index (Phi) is 4.07.